The summed E-state index contributed by atoms with van der Waals surface area (Å²) in [6.07, 6.45) is 4.00. The van der Waals surface area contributed by atoms with Crippen molar-refractivity contribution in [3.63, 3.8) is 0 Å². The van der Waals surface area contributed by atoms with E-state index in [0.29, 0.717) is 6.54 Å². The number of rotatable bonds is 5. The highest BCUT2D eigenvalue weighted by molar-refractivity contribution is 5.34. The Morgan fingerprint density at radius 2 is 2.20 bits per heavy atom. The second kappa shape index (κ2) is 4.67. The Bertz CT molecular complexity index is 331. The minimum Gasteiger partial charge on any atom is -0.494 e. The molecular weight excluding hydrogens is 186 g/mol. The van der Waals surface area contributed by atoms with Crippen LogP contribution in [0.25, 0.3) is 0 Å². The lowest BCUT2D eigenvalue weighted by Gasteiger charge is -2.08. The molecule has 1 aromatic carbocycles. The molecule has 0 radical (unpaired) electrons. The summed E-state index contributed by atoms with van der Waals surface area (Å²) in [4.78, 5) is 0. The van der Waals surface area contributed by atoms with Crippen LogP contribution in [0.2, 0.25) is 0 Å². The third kappa shape index (κ3) is 2.96. The molecule has 2 nitrogen and oxygen atoms in total. The van der Waals surface area contributed by atoms with Crippen LogP contribution in [0.3, 0.4) is 0 Å². The van der Waals surface area contributed by atoms with Crippen LogP contribution in [0.1, 0.15) is 30.4 Å². The Kier molecular flexibility index (Phi) is 3.27. The molecule has 0 saturated heterocycles. The quantitative estimate of drug-likeness (QED) is 0.802. The van der Waals surface area contributed by atoms with E-state index < -0.39 is 0 Å². The Hall–Kier alpha value is -1.02. The van der Waals surface area contributed by atoms with Crippen molar-refractivity contribution < 1.29 is 4.74 Å². The van der Waals surface area contributed by atoms with Crippen LogP contribution >= 0.6 is 0 Å². The average molecular weight is 205 g/mol. The van der Waals surface area contributed by atoms with E-state index >= 15 is 0 Å². The zero-order valence-electron chi connectivity index (χ0n) is 9.33. The van der Waals surface area contributed by atoms with Crippen molar-refractivity contribution in [3.05, 3.63) is 29.3 Å². The first-order chi connectivity index (χ1) is 7.29. The predicted molar refractivity (Wildman–Crippen MR) is 61.9 cm³/mol. The van der Waals surface area contributed by atoms with Crippen molar-refractivity contribution >= 4 is 0 Å². The van der Waals surface area contributed by atoms with Gasteiger partial charge in [-0.15, -0.1) is 0 Å². The van der Waals surface area contributed by atoms with Gasteiger partial charge in [0.2, 0.25) is 0 Å². The van der Waals surface area contributed by atoms with Gasteiger partial charge in [0.05, 0.1) is 6.61 Å². The van der Waals surface area contributed by atoms with Crippen LogP contribution in [-0.4, -0.2) is 6.61 Å². The fourth-order valence-corrected chi connectivity index (χ4v) is 1.74. The third-order valence-electron chi connectivity index (χ3n) is 3.03. The largest absolute Gasteiger partial charge is 0.494 e. The summed E-state index contributed by atoms with van der Waals surface area (Å²) < 4.78 is 5.70. The first kappa shape index (κ1) is 10.5. The maximum absolute atomic E-state index is 5.70. The lowest BCUT2D eigenvalue weighted by Crippen LogP contribution is -2.01. The second-order valence-corrected chi connectivity index (χ2v) is 4.37. The molecule has 0 heterocycles. The first-order valence-electron chi connectivity index (χ1n) is 5.72. The van der Waals surface area contributed by atoms with Crippen molar-refractivity contribution in [2.45, 2.75) is 32.7 Å². The molecule has 1 saturated carbocycles. The molecular formula is C13H19NO. The van der Waals surface area contributed by atoms with Gasteiger partial charge in [-0.05, 0) is 42.5 Å². The van der Waals surface area contributed by atoms with E-state index in [0.717, 1.165) is 18.3 Å². The number of nitrogens with two attached hydrogens (primary N) is 1. The fraction of sp³-hybridized carbons (Fsp3) is 0.538. The van der Waals surface area contributed by atoms with E-state index in [1.807, 2.05) is 6.07 Å². The van der Waals surface area contributed by atoms with E-state index in [4.69, 9.17) is 10.5 Å². The van der Waals surface area contributed by atoms with Crippen LogP contribution in [0.4, 0.5) is 0 Å². The molecule has 0 amide bonds. The van der Waals surface area contributed by atoms with Gasteiger partial charge in [-0.1, -0.05) is 18.9 Å². The lowest BCUT2D eigenvalue weighted by molar-refractivity contribution is 0.302. The highest BCUT2D eigenvalue weighted by atomic mass is 16.5. The van der Waals surface area contributed by atoms with Gasteiger partial charge in [-0.2, -0.15) is 0 Å². The summed E-state index contributed by atoms with van der Waals surface area (Å²) >= 11 is 0. The smallest absolute Gasteiger partial charge is 0.119 e. The monoisotopic (exact) mass is 205 g/mol. The molecule has 0 unspecified atom stereocenters. The van der Waals surface area contributed by atoms with Crippen LogP contribution in [-0.2, 0) is 6.54 Å². The second-order valence-electron chi connectivity index (χ2n) is 4.37. The summed E-state index contributed by atoms with van der Waals surface area (Å²) in [6, 6.07) is 6.15. The maximum atomic E-state index is 5.70. The number of hydrogen-bond donors (Lipinski definition) is 1. The van der Waals surface area contributed by atoms with Gasteiger partial charge in [-0.25, -0.2) is 0 Å². The highest BCUT2D eigenvalue weighted by Crippen LogP contribution is 2.32. The van der Waals surface area contributed by atoms with Gasteiger partial charge in [0.1, 0.15) is 5.75 Å². The van der Waals surface area contributed by atoms with Gasteiger partial charge in [0.25, 0.3) is 0 Å². The van der Waals surface area contributed by atoms with Crippen molar-refractivity contribution in [2.24, 2.45) is 11.7 Å². The molecule has 2 heteroatoms. The van der Waals surface area contributed by atoms with Crippen LogP contribution in [0.5, 0.6) is 5.75 Å². The molecule has 0 aromatic heterocycles. The minimum absolute atomic E-state index is 0.605. The molecule has 0 aliphatic heterocycles. The molecule has 1 aliphatic carbocycles. The molecule has 0 atom stereocenters. The zero-order valence-corrected chi connectivity index (χ0v) is 9.33. The number of ether oxygens (including phenoxy) is 1. The SMILES string of the molecule is Cc1cc(OCCC2CC2)ccc1CN. The van der Waals surface area contributed by atoms with Gasteiger partial charge >= 0.3 is 0 Å². The molecule has 1 aliphatic rings. The van der Waals surface area contributed by atoms with Crippen LogP contribution in [0, 0.1) is 12.8 Å². The van der Waals surface area contributed by atoms with Crippen LogP contribution < -0.4 is 10.5 Å². The summed E-state index contributed by atoms with van der Waals surface area (Å²) in [6.45, 7) is 3.54. The summed E-state index contributed by atoms with van der Waals surface area (Å²) in [5.41, 5.74) is 8.03. The van der Waals surface area contributed by atoms with Gasteiger partial charge in [0.15, 0.2) is 0 Å². The Labute approximate surface area is 91.4 Å². The van der Waals surface area contributed by atoms with Gasteiger partial charge < -0.3 is 10.5 Å². The summed E-state index contributed by atoms with van der Waals surface area (Å²) in [5, 5.41) is 0. The number of hydrogen-bond acceptors (Lipinski definition) is 2. The van der Waals surface area contributed by atoms with Crippen molar-refractivity contribution in [1.29, 1.82) is 0 Å². The van der Waals surface area contributed by atoms with E-state index in [1.54, 1.807) is 0 Å². The zero-order chi connectivity index (χ0) is 10.7. The molecule has 2 rings (SSSR count). The highest BCUT2D eigenvalue weighted by Gasteiger charge is 2.20. The Balaban J connectivity index is 1.87. The number of benzene rings is 1. The van der Waals surface area contributed by atoms with Crippen molar-refractivity contribution in [1.82, 2.24) is 0 Å². The molecule has 1 aromatic rings. The Morgan fingerprint density at radius 3 is 2.80 bits per heavy atom. The van der Waals surface area contributed by atoms with Gasteiger partial charge in [-0.3, -0.25) is 0 Å². The lowest BCUT2D eigenvalue weighted by atomic mass is 10.1. The summed E-state index contributed by atoms with van der Waals surface area (Å²) in [7, 11) is 0. The predicted octanol–water partition coefficient (Wildman–Crippen LogP) is 2.63. The first-order valence-corrected chi connectivity index (χ1v) is 5.72. The van der Waals surface area contributed by atoms with Crippen LogP contribution in [0.15, 0.2) is 18.2 Å². The van der Waals surface area contributed by atoms with Crippen molar-refractivity contribution in [2.75, 3.05) is 6.61 Å². The molecule has 15 heavy (non-hydrogen) atoms. The average Bonchev–Trinajstić information content (AvgIpc) is 3.02. The van der Waals surface area contributed by atoms with E-state index in [9.17, 15) is 0 Å². The maximum Gasteiger partial charge on any atom is 0.119 e. The molecule has 82 valence electrons. The molecule has 2 N–H and O–H groups in total. The van der Waals surface area contributed by atoms with E-state index in [2.05, 4.69) is 19.1 Å². The molecule has 0 spiro atoms. The van der Waals surface area contributed by atoms with Gasteiger partial charge in [0, 0.05) is 6.54 Å². The Morgan fingerprint density at radius 1 is 1.40 bits per heavy atom. The molecule has 1 fully saturated rings. The summed E-state index contributed by atoms with van der Waals surface area (Å²) in [5.74, 6) is 1.92. The topological polar surface area (TPSA) is 35.2 Å². The minimum atomic E-state index is 0.605. The normalized spacial score (nSPS) is 15.3. The third-order valence-corrected chi connectivity index (χ3v) is 3.03. The standard InChI is InChI=1S/C13H19NO/c1-10-8-13(5-4-12(10)9-14)15-7-6-11-2-3-11/h4-5,8,11H,2-3,6-7,9,14H2,1H3. The van der Waals surface area contributed by atoms with E-state index in [1.165, 1.54) is 30.4 Å². The van der Waals surface area contributed by atoms with E-state index in [-0.39, 0.29) is 0 Å². The van der Waals surface area contributed by atoms with Crippen molar-refractivity contribution in [3.8, 4) is 5.75 Å². The number of aryl methyl sites for hydroxylation is 1. The fourth-order valence-electron chi connectivity index (χ4n) is 1.74. The molecule has 0 bridgehead atoms.